The summed E-state index contributed by atoms with van der Waals surface area (Å²) in [5, 5.41) is 0. The van der Waals surface area contributed by atoms with Gasteiger partial charge in [-0.3, -0.25) is 0 Å². The Kier molecular flexibility index (Phi) is 4.71. The second-order valence-corrected chi connectivity index (χ2v) is 5.95. The summed E-state index contributed by atoms with van der Waals surface area (Å²) in [6.07, 6.45) is 14.5. The Bertz CT molecular complexity index is 171. The molecule has 0 amide bonds. The predicted molar refractivity (Wildman–Crippen MR) is 64.4 cm³/mol. The van der Waals surface area contributed by atoms with E-state index in [0.717, 1.165) is 5.92 Å². The van der Waals surface area contributed by atoms with Crippen molar-refractivity contribution >= 4 is 0 Å². The summed E-state index contributed by atoms with van der Waals surface area (Å²) in [4.78, 5) is 0. The van der Waals surface area contributed by atoms with Crippen LogP contribution in [0.3, 0.4) is 0 Å². The van der Waals surface area contributed by atoms with Gasteiger partial charge in [0.2, 0.25) is 0 Å². The maximum absolute atomic E-state index is 2.38. The van der Waals surface area contributed by atoms with E-state index in [-0.39, 0.29) is 0 Å². The van der Waals surface area contributed by atoms with Gasteiger partial charge in [0, 0.05) is 0 Å². The van der Waals surface area contributed by atoms with Crippen molar-refractivity contribution in [1.29, 1.82) is 0 Å². The monoisotopic (exact) mass is 194 g/mol. The minimum absolute atomic E-state index is 0.526. The van der Waals surface area contributed by atoms with Gasteiger partial charge in [-0.15, -0.1) is 0 Å². The highest BCUT2D eigenvalue weighted by Gasteiger charge is 2.15. The van der Waals surface area contributed by atoms with Crippen LogP contribution in [0.1, 0.15) is 65.7 Å². The van der Waals surface area contributed by atoms with E-state index in [4.69, 9.17) is 0 Å². The van der Waals surface area contributed by atoms with Gasteiger partial charge in [0.1, 0.15) is 0 Å². The SMILES string of the molecule is CC(C)(C)CCC1CC/C=C/CCC1. The van der Waals surface area contributed by atoms with Crippen LogP contribution in [0.5, 0.6) is 0 Å². The largest absolute Gasteiger partial charge is 0.0885 e. The number of hydrogen-bond acceptors (Lipinski definition) is 0. The van der Waals surface area contributed by atoms with Gasteiger partial charge in [0.05, 0.1) is 0 Å². The molecule has 0 N–H and O–H groups in total. The molecular formula is C14H26. The third-order valence-electron chi connectivity index (χ3n) is 3.19. The predicted octanol–water partition coefficient (Wildman–Crippen LogP) is 4.95. The molecule has 1 aliphatic carbocycles. The summed E-state index contributed by atoms with van der Waals surface area (Å²) in [6, 6.07) is 0. The van der Waals surface area contributed by atoms with Gasteiger partial charge >= 0.3 is 0 Å². The van der Waals surface area contributed by atoms with Crippen LogP contribution in [0.15, 0.2) is 12.2 Å². The van der Waals surface area contributed by atoms with E-state index >= 15 is 0 Å². The van der Waals surface area contributed by atoms with E-state index in [1.807, 2.05) is 0 Å². The minimum Gasteiger partial charge on any atom is -0.0885 e. The van der Waals surface area contributed by atoms with Gasteiger partial charge in [-0.05, 0) is 49.9 Å². The van der Waals surface area contributed by atoms with Crippen molar-refractivity contribution in [3.05, 3.63) is 12.2 Å². The molecule has 0 nitrogen and oxygen atoms in total. The molecule has 0 radical (unpaired) electrons. The Morgan fingerprint density at radius 3 is 2.50 bits per heavy atom. The van der Waals surface area contributed by atoms with Crippen molar-refractivity contribution in [1.82, 2.24) is 0 Å². The zero-order valence-electron chi connectivity index (χ0n) is 10.2. The van der Waals surface area contributed by atoms with Gasteiger partial charge in [-0.2, -0.15) is 0 Å². The molecule has 0 saturated carbocycles. The minimum atomic E-state index is 0.526. The van der Waals surface area contributed by atoms with Crippen LogP contribution in [0.2, 0.25) is 0 Å². The zero-order valence-corrected chi connectivity index (χ0v) is 10.2. The molecule has 0 heterocycles. The fourth-order valence-electron chi connectivity index (χ4n) is 2.16. The lowest BCUT2D eigenvalue weighted by atomic mass is 9.83. The molecule has 1 unspecified atom stereocenters. The second kappa shape index (κ2) is 5.58. The van der Waals surface area contributed by atoms with E-state index in [9.17, 15) is 0 Å². The van der Waals surface area contributed by atoms with Crippen LogP contribution >= 0.6 is 0 Å². The maximum atomic E-state index is 2.38. The molecule has 1 aliphatic rings. The molecule has 0 fully saturated rings. The van der Waals surface area contributed by atoms with Gasteiger partial charge in [0.25, 0.3) is 0 Å². The first-order valence-corrected chi connectivity index (χ1v) is 6.23. The average molecular weight is 194 g/mol. The molecule has 0 saturated heterocycles. The molecule has 0 spiro atoms. The fourth-order valence-corrected chi connectivity index (χ4v) is 2.16. The highest BCUT2D eigenvalue weighted by Crippen LogP contribution is 2.29. The van der Waals surface area contributed by atoms with E-state index in [0.29, 0.717) is 5.41 Å². The van der Waals surface area contributed by atoms with Crippen molar-refractivity contribution in [2.24, 2.45) is 11.3 Å². The Hall–Kier alpha value is -0.260. The molecule has 0 aliphatic heterocycles. The average Bonchev–Trinajstić information content (AvgIpc) is 2.00. The van der Waals surface area contributed by atoms with Crippen LogP contribution in [0, 0.1) is 11.3 Å². The summed E-state index contributed by atoms with van der Waals surface area (Å²) in [6.45, 7) is 7.07. The van der Waals surface area contributed by atoms with Crippen LogP contribution in [0.4, 0.5) is 0 Å². The number of rotatable bonds is 2. The lowest BCUT2D eigenvalue weighted by molar-refractivity contribution is 0.300. The molecule has 0 aromatic carbocycles. The zero-order chi connectivity index (χ0) is 10.4. The second-order valence-electron chi connectivity index (χ2n) is 5.95. The fraction of sp³-hybridized carbons (Fsp3) is 0.857. The van der Waals surface area contributed by atoms with Crippen LogP contribution < -0.4 is 0 Å². The van der Waals surface area contributed by atoms with Gasteiger partial charge in [-0.25, -0.2) is 0 Å². The van der Waals surface area contributed by atoms with Gasteiger partial charge < -0.3 is 0 Å². The Morgan fingerprint density at radius 2 is 1.79 bits per heavy atom. The smallest absolute Gasteiger partial charge is 0.0348 e. The highest BCUT2D eigenvalue weighted by atomic mass is 14.2. The number of allylic oxidation sites excluding steroid dienone is 2. The molecular weight excluding hydrogens is 168 g/mol. The van der Waals surface area contributed by atoms with Crippen molar-refractivity contribution in [3.8, 4) is 0 Å². The summed E-state index contributed by atoms with van der Waals surface area (Å²) >= 11 is 0. The van der Waals surface area contributed by atoms with Crippen molar-refractivity contribution in [2.75, 3.05) is 0 Å². The van der Waals surface area contributed by atoms with E-state index in [1.54, 1.807) is 0 Å². The van der Waals surface area contributed by atoms with E-state index < -0.39 is 0 Å². The highest BCUT2D eigenvalue weighted by molar-refractivity contribution is 4.85. The third kappa shape index (κ3) is 5.47. The molecule has 1 rings (SSSR count). The van der Waals surface area contributed by atoms with Gasteiger partial charge in [-0.1, -0.05) is 39.3 Å². The Morgan fingerprint density at radius 1 is 1.07 bits per heavy atom. The molecule has 0 bridgehead atoms. The molecule has 0 aromatic rings. The van der Waals surface area contributed by atoms with Crippen molar-refractivity contribution in [2.45, 2.75) is 65.7 Å². The maximum Gasteiger partial charge on any atom is -0.0348 e. The van der Waals surface area contributed by atoms with Crippen molar-refractivity contribution < 1.29 is 0 Å². The molecule has 1 atom stereocenters. The Balaban J connectivity index is 2.25. The molecule has 14 heavy (non-hydrogen) atoms. The van der Waals surface area contributed by atoms with Crippen LogP contribution in [0.25, 0.3) is 0 Å². The lowest BCUT2D eigenvalue weighted by Gasteiger charge is -2.23. The van der Waals surface area contributed by atoms with Crippen LogP contribution in [-0.2, 0) is 0 Å². The summed E-state index contributed by atoms with van der Waals surface area (Å²) in [7, 11) is 0. The third-order valence-corrected chi connectivity index (χ3v) is 3.19. The normalized spacial score (nSPS) is 26.6. The summed E-state index contributed by atoms with van der Waals surface area (Å²) < 4.78 is 0. The van der Waals surface area contributed by atoms with Gasteiger partial charge in [0.15, 0.2) is 0 Å². The summed E-state index contributed by atoms with van der Waals surface area (Å²) in [5.74, 6) is 0.999. The van der Waals surface area contributed by atoms with Crippen LogP contribution in [-0.4, -0.2) is 0 Å². The van der Waals surface area contributed by atoms with Crippen molar-refractivity contribution in [3.63, 3.8) is 0 Å². The topological polar surface area (TPSA) is 0 Å². The quantitative estimate of drug-likeness (QED) is 0.546. The first-order valence-electron chi connectivity index (χ1n) is 6.23. The van der Waals surface area contributed by atoms with E-state index in [1.165, 1.54) is 44.9 Å². The molecule has 82 valence electrons. The summed E-state index contributed by atoms with van der Waals surface area (Å²) in [5.41, 5.74) is 0.526. The Labute approximate surface area is 89.8 Å². The number of hydrogen-bond donors (Lipinski definition) is 0. The molecule has 0 heteroatoms. The first-order chi connectivity index (χ1) is 6.58. The lowest BCUT2D eigenvalue weighted by Crippen LogP contribution is -2.10. The molecule has 0 aromatic heterocycles. The standard InChI is InChI=1S/C14H26/c1-14(2,3)12-11-13-9-7-5-4-6-8-10-13/h4-5,13H,6-12H2,1-3H3/b5-4+. The first kappa shape index (κ1) is 11.8. The van der Waals surface area contributed by atoms with E-state index in [2.05, 4.69) is 32.9 Å².